The Labute approximate surface area is 193 Å². The normalized spacial score (nSPS) is 10.9. The highest BCUT2D eigenvalue weighted by molar-refractivity contribution is 5.83. The molecule has 0 saturated heterocycles. The number of rotatable bonds is 10. The van der Waals surface area contributed by atoms with Crippen LogP contribution in [0.3, 0.4) is 0 Å². The first kappa shape index (κ1) is 23.8. The van der Waals surface area contributed by atoms with Crippen molar-refractivity contribution in [2.45, 2.75) is 27.7 Å². The van der Waals surface area contributed by atoms with Gasteiger partial charge in [0.05, 0.1) is 13.2 Å². The summed E-state index contributed by atoms with van der Waals surface area (Å²) in [7, 11) is 3.44. The first-order valence-electron chi connectivity index (χ1n) is 11.2. The maximum atomic E-state index is 5.12. The lowest BCUT2D eigenvalue weighted by atomic mass is 9.83. The van der Waals surface area contributed by atoms with Crippen LogP contribution >= 0.6 is 0 Å². The lowest BCUT2D eigenvalue weighted by Gasteiger charge is -2.21. The van der Waals surface area contributed by atoms with Crippen LogP contribution in [0.2, 0.25) is 0 Å². The van der Waals surface area contributed by atoms with Crippen molar-refractivity contribution in [1.29, 1.82) is 0 Å². The number of methoxy groups -OCH3 is 2. The van der Waals surface area contributed by atoms with E-state index in [9.17, 15) is 0 Å². The predicted molar refractivity (Wildman–Crippen MR) is 137 cm³/mol. The fourth-order valence-electron chi connectivity index (χ4n) is 4.28. The topological polar surface area (TPSA) is 42.5 Å². The minimum Gasteiger partial charge on any atom is -0.383 e. The van der Waals surface area contributed by atoms with Gasteiger partial charge in [-0.2, -0.15) is 0 Å². The predicted octanol–water partition coefficient (Wildman–Crippen LogP) is 6.37. The van der Waals surface area contributed by atoms with E-state index in [1.54, 1.807) is 14.2 Å². The molecule has 2 N–H and O–H groups in total. The first-order chi connectivity index (χ1) is 15.5. The zero-order valence-electron chi connectivity index (χ0n) is 20.3. The van der Waals surface area contributed by atoms with Gasteiger partial charge in [-0.1, -0.05) is 24.3 Å². The maximum Gasteiger partial charge on any atom is 0.0635 e. The second-order valence-electron chi connectivity index (χ2n) is 8.24. The van der Waals surface area contributed by atoms with E-state index in [1.807, 2.05) is 0 Å². The molecular weight excluding hydrogens is 396 g/mol. The average molecular weight is 433 g/mol. The number of anilines is 2. The van der Waals surface area contributed by atoms with E-state index in [0.29, 0.717) is 13.2 Å². The van der Waals surface area contributed by atoms with E-state index in [-0.39, 0.29) is 0 Å². The monoisotopic (exact) mass is 432 g/mol. The van der Waals surface area contributed by atoms with Crippen LogP contribution in [-0.4, -0.2) is 40.5 Å². The minimum absolute atomic E-state index is 0.698. The molecule has 4 nitrogen and oxygen atoms in total. The number of nitrogens with one attached hydrogen (secondary N) is 2. The SMILES string of the molecule is COCCNc1ccc(-c2c(C)c(C)c(-c3ccc(NCCOC)cc3)c(C)c2C)cc1. The van der Waals surface area contributed by atoms with Crippen molar-refractivity contribution in [2.75, 3.05) is 51.2 Å². The molecule has 3 aromatic carbocycles. The Morgan fingerprint density at radius 2 is 0.844 bits per heavy atom. The number of ether oxygens (including phenoxy) is 2. The van der Waals surface area contributed by atoms with E-state index >= 15 is 0 Å². The van der Waals surface area contributed by atoms with Gasteiger partial charge in [0.1, 0.15) is 0 Å². The van der Waals surface area contributed by atoms with Gasteiger partial charge in [-0.05, 0) is 96.5 Å². The van der Waals surface area contributed by atoms with E-state index in [4.69, 9.17) is 9.47 Å². The molecule has 0 radical (unpaired) electrons. The molecule has 0 unspecified atom stereocenters. The summed E-state index contributed by atoms with van der Waals surface area (Å²) in [5.41, 5.74) is 12.8. The third-order valence-electron chi connectivity index (χ3n) is 6.24. The van der Waals surface area contributed by atoms with Crippen LogP contribution in [0.5, 0.6) is 0 Å². The highest BCUT2D eigenvalue weighted by Crippen LogP contribution is 2.39. The Kier molecular flexibility index (Phi) is 8.32. The van der Waals surface area contributed by atoms with Crippen LogP contribution in [0.1, 0.15) is 22.3 Å². The summed E-state index contributed by atoms with van der Waals surface area (Å²) < 4.78 is 10.2. The number of hydrogen-bond donors (Lipinski definition) is 2. The molecule has 0 aliphatic rings. The molecule has 0 bridgehead atoms. The van der Waals surface area contributed by atoms with Gasteiger partial charge in [0, 0.05) is 38.7 Å². The molecule has 3 rings (SSSR count). The van der Waals surface area contributed by atoms with Crippen LogP contribution in [0.4, 0.5) is 11.4 Å². The van der Waals surface area contributed by atoms with E-state index in [0.717, 1.165) is 24.5 Å². The van der Waals surface area contributed by atoms with Gasteiger partial charge in [0.25, 0.3) is 0 Å². The summed E-state index contributed by atoms with van der Waals surface area (Å²) in [5, 5.41) is 6.78. The van der Waals surface area contributed by atoms with Crippen LogP contribution in [0.15, 0.2) is 48.5 Å². The Morgan fingerprint density at radius 3 is 1.12 bits per heavy atom. The van der Waals surface area contributed by atoms with Gasteiger partial charge >= 0.3 is 0 Å². The Hall–Kier alpha value is -2.82. The van der Waals surface area contributed by atoms with Crippen LogP contribution in [0.25, 0.3) is 22.3 Å². The molecule has 0 aliphatic heterocycles. The van der Waals surface area contributed by atoms with Gasteiger partial charge in [0.15, 0.2) is 0 Å². The van der Waals surface area contributed by atoms with Crippen molar-refractivity contribution in [3.8, 4) is 22.3 Å². The molecule has 0 spiro atoms. The second-order valence-corrected chi connectivity index (χ2v) is 8.24. The van der Waals surface area contributed by atoms with Crippen LogP contribution < -0.4 is 10.6 Å². The largest absolute Gasteiger partial charge is 0.383 e. The highest BCUT2D eigenvalue weighted by Gasteiger charge is 2.17. The fourth-order valence-corrected chi connectivity index (χ4v) is 4.28. The molecule has 0 aliphatic carbocycles. The molecule has 4 heteroatoms. The molecule has 0 atom stereocenters. The van der Waals surface area contributed by atoms with Crippen molar-refractivity contribution in [1.82, 2.24) is 0 Å². The van der Waals surface area contributed by atoms with Crippen molar-refractivity contribution >= 4 is 11.4 Å². The van der Waals surface area contributed by atoms with Gasteiger partial charge in [-0.25, -0.2) is 0 Å². The third-order valence-corrected chi connectivity index (χ3v) is 6.24. The maximum absolute atomic E-state index is 5.12. The van der Waals surface area contributed by atoms with Gasteiger partial charge in [-0.15, -0.1) is 0 Å². The molecule has 170 valence electrons. The Morgan fingerprint density at radius 1 is 0.531 bits per heavy atom. The summed E-state index contributed by atoms with van der Waals surface area (Å²) in [4.78, 5) is 0. The van der Waals surface area contributed by atoms with E-state index in [2.05, 4.69) is 86.9 Å². The fraction of sp³-hybridized carbons (Fsp3) is 0.357. The molecule has 0 amide bonds. The van der Waals surface area contributed by atoms with Gasteiger partial charge in [-0.3, -0.25) is 0 Å². The molecular formula is C28H36N2O2. The minimum atomic E-state index is 0.698. The molecule has 0 saturated carbocycles. The van der Waals surface area contributed by atoms with Gasteiger partial charge in [0.2, 0.25) is 0 Å². The van der Waals surface area contributed by atoms with Crippen LogP contribution in [-0.2, 0) is 9.47 Å². The summed E-state index contributed by atoms with van der Waals surface area (Å²) in [5.74, 6) is 0. The Bertz CT molecular complexity index is 911. The summed E-state index contributed by atoms with van der Waals surface area (Å²) >= 11 is 0. The third kappa shape index (κ3) is 5.32. The first-order valence-corrected chi connectivity index (χ1v) is 11.2. The van der Waals surface area contributed by atoms with Crippen molar-refractivity contribution in [3.05, 3.63) is 70.8 Å². The molecule has 3 aromatic rings. The number of hydrogen-bond acceptors (Lipinski definition) is 4. The van der Waals surface area contributed by atoms with Crippen molar-refractivity contribution in [3.63, 3.8) is 0 Å². The Balaban J connectivity index is 1.91. The van der Waals surface area contributed by atoms with E-state index < -0.39 is 0 Å². The van der Waals surface area contributed by atoms with Gasteiger partial charge < -0.3 is 20.1 Å². The standard InChI is InChI=1S/C28H36N2O2/c1-19-20(2)28(24-9-13-26(14-10-24)30-16-18-32-6)22(4)21(3)27(19)23-7-11-25(12-8-23)29-15-17-31-5/h7-14,29-30H,15-18H2,1-6H3. The average Bonchev–Trinajstić information content (AvgIpc) is 2.80. The summed E-state index contributed by atoms with van der Waals surface area (Å²) in [6.45, 7) is 12.0. The quantitative estimate of drug-likeness (QED) is 0.365. The zero-order valence-corrected chi connectivity index (χ0v) is 20.3. The molecule has 0 aromatic heterocycles. The lowest BCUT2D eigenvalue weighted by molar-refractivity contribution is 0.210. The highest BCUT2D eigenvalue weighted by atomic mass is 16.5. The molecule has 32 heavy (non-hydrogen) atoms. The molecule has 0 heterocycles. The van der Waals surface area contributed by atoms with Crippen LogP contribution in [0, 0.1) is 27.7 Å². The molecule has 0 fully saturated rings. The number of benzene rings is 3. The lowest BCUT2D eigenvalue weighted by Crippen LogP contribution is -2.07. The van der Waals surface area contributed by atoms with Crippen molar-refractivity contribution in [2.24, 2.45) is 0 Å². The smallest absolute Gasteiger partial charge is 0.0635 e. The van der Waals surface area contributed by atoms with Crippen molar-refractivity contribution < 1.29 is 9.47 Å². The zero-order chi connectivity index (χ0) is 23.1. The van der Waals surface area contributed by atoms with E-state index in [1.165, 1.54) is 44.5 Å². The summed E-state index contributed by atoms with van der Waals surface area (Å²) in [6.07, 6.45) is 0. The summed E-state index contributed by atoms with van der Waals surface area (Å²) in [6, 6.07) is 17.4. The second kappa shape index (κ2) is 11.2.